The van der Waals surface area contributed by atoms with Gasteiger partial charge in [-0.15, -0.1) is 0 Å². The molecule has 90 valence electrons. The quantitative estimate of drug-likeness (QED) is 0.800. The van der Waals surface area contributed by atoms with Crippen molar-refractivity contribution in [3.63, 3.8) is 0 Å². The first-order chi connectivity index (χ1) is 8.31. The van der Waals surface area contributed by atoms with Crippen LogP contribution in [0.25, 0.3) is 6.08 Å². The summed E-state index contributed by atoms with van der Waals surface area (Å²) in [5, 5.41) is 0. The molecule has 0 bridgehead atoms. The van der Waals surface area contributed by atoms with Crippen molar-refractivity contribution in [1.29, 1.82) is 0 Å². The Morgan fingerprint density at radius 3 is 2.82 bits per heavy atom. The first-order valence-electron chi connectivity index (χ1n) is 6.11. The van der Waals surface area contributed by atoms with E-state index in [9.17, 15) is 0 Å². The van der Waals surface area contributed by atoms with E-state index in [0.29, 0.717) is 5.69 Å². The summed E-state index contributed by atoms with van der Waals surface area (Å²) in [6, 6.07) is 5.86. The Kier molecular flexibility index (Phi) is 3.86. The van der Waals surface area contributed by atoms with Crippen LogP contribution in [0.1, 0.15) is 31.2 Å². The molecule has 0 aliphatic heterocycles. The minimum Gasteiger partial charge on any atom is -0.495 e. The molecule has 0 atom stereocenters. The number of ether oxygens (including phenoxy) is 1. The molecule has 0 fully saturated rings. The van der Waals surface area contributed by atoms with Gasteiger partial charge in [0.2, 0.25) is 0 Å². The van der Waals surface area contributed by atoms with E-state index >= 15 is 0 Å². The average Bonchev–Trinajstić information content (AvgIpc) is 2.39. The molecule has 2 nitrogen and oxygen atoms in total. The summed E-state index contributed by atoms with van der Waals surface area (Å²) >= 11 is 0. The lowest BCUT2D eigenvalue weighted by molar-refractivity contribution is 0.417. The zero-order valence-corrected chi connectivity index (χ0v) is 10.3. The van der Waals surface area contributed by atoms with Gasteiger partial charge in [-0.05, 0) is 31.7 Å². The van der Waals surface area contributed by atoms with Gasteiger partial charge in [0.15, 0.2) is 0 Å². The fourth-order valence-corrected chi connectivity index (χ4v) is 2.10. The van der Waals surface area contributed by atoms with Crippen molar-refractivity contribution in [1.82, 2.24) is 0 Å². The summed E-state index contributed by atoms with van der Waals surface area (Å²) in [6.07, 6.45) is 11.6. The Bertz CT molecular complexity index is 446. The van der Waals surface area contributed by atoms with Gasteiger partial charge in [-0.25, -0.2) is 0 Å². The maximum atomic E-state index is 6.01. The first-order valence-corrected chi connectivity index (χ1v) is 6.11. The summed E-state index contributed by atoms with van der Waals surface area (Å²) < 4.78 is 5.20. The molecule has 0 heterocycles. The molecule has 0 unspecified atom stereocenters. The van der Waals surface area contributed by atoms with Gasteiger partial charge in [0, 0.05) is 5.56 Å². The Balaban J connectivity index is 2.18. The largest absolute Gasteiger partial charge is 0.495 e. The number of hydrogen-bond donors (Lipinski definition) is 1. The second kappa shape index (κ2) is 5.58. The number of rotatable bonds is 3. The standard InChI is InChI=1S/C15H19NO/c1-17-14-9-5-8-13(15(14)16)11-10-12-6-3-2-4-7-12/h5-6,8-11H,2-4,7,16H2,1H3/b11-10+. The maximum Gasteiger partial charge on any atom is 0.142 e. The fourth-order valence-electron chi connectivity index (χ4n) is 2.10. The number of nitrogens with two attached hydrogens (primary N) is 1. The van der Waals surface area contributed by atoms with Crippen molar-refractivity contribution in [3.8, 4) is 5.75 Å². The third-order valence-electron chi connectivity index (χ3n) is 3.12. The molecule has 2 rings (SSSR count). The summed E-state index contributed by atoms with van der Waals surface area (Å²) in [7, 11) is 1.64. The van der Waals surface area contributed by atoms with E-state index in [1.807, 2.05) is 18.2 Å². The van der Waals surface area contributed by atoms with Crippen molar-refractivity contribution in [2.24, 2.45) is 0 Å². The normalized spacial score (nSPS) is 15.9. The number of benzene rings is 1. The number of nitrogen functional groups attached to an aromatic ring is 1. The van der Waals surface area contributed by atoms with Crippen LogP contribution in [0.5, 0.6) is 5.75 Å². The molecule has 2 N–H and O–H groups in total. The highest BCUT2D eigenvalue weighted by Gasteiger charge is 2.03. The molecule has 0 saturated heterocycles. The first kappa shape index (κ1) is 11.8. The Labute approximate surface area is 103 Å². The van der Waals surface area contributed by atoms with Crippen LogP contribution < -0.4 is 10.5 Å². The van der Waals surface area contributed by atoms with Crippen LogP contribution in [0.3, 0.4) is 0 Å². The van der Waals surface area contributed by atoms with Gasteiger partial charge < -0.3 is 10.5 Å². The fraction of sp³-hybridized carbons (Fsp3) is 0.333. The van der Waals surface area contributed by atoms with E-state index < -0.39 is 0 Å². The third-order valence-corrected chi connectivity index (χ3v) is 3.12. The molecule has 17 heavy (non-hydrogen) atoms. The summed E-state index contributed by atoms with van der Waals surface area (Å²) in [5.74, 6) is 0.741. The molecule has 0 aromatic heterocycles. The van der Waals surface area contributed by atoms with Crippen LogP contribution >= 0.6 is 0 Å². The summed E-state index contributed by atoms with van der Waals surface area (Å²) in [4.78, 5) is 0. The predicted octanol–water partition coefficient (Wildman–Crippen LogP) is 3.79. The van der Waals surface area contributed by atoms with Crippen molar-refractivity contribution in [2.75, 3.05) is 12.8 Å². The Morgan fingerprint density at radius 1 is 1.24 bits per heavy atom. The zero-order valence-electron chi connectivity index (χ0n) is 10.3. The predicted molar refractivity (Wildman–Crippen MR) is 73.0 cm³/mol. The van der Waals surface area contributed by atoms with Gasteiger partial charge in [0.05, 0.1) is 12.8 Å². The van der Waals surface area contributed by atoms with E-state index in [1.54, 1.807) is 7.11 Å². The van der Waals surface area contributed by atoms with Crippen molar-refractivity contribution < 1.29 is 4.74 Å². The van der Waals surface area contributed by atoms with Gasteiger partial charge in [-0.3, -0.25) is 0 Å². The molecular weight excluding hydrogens is 210 g/mol. The van der Waals surface area contributed by atoms with Crippen LogP contribution in [-0.2, 0) is 0 Å². The highest BCUT2D eigenvalue weighted by molar-refractivity contribution is 5.71. The Morgan fingerprint density at radius 2 is 2.12 bits per heavy atom. The van der Waals surface area contributed by atoms with Gasteiger partial charge in [0.25, 0.3) is 0 Å². The lowest BCUT2D eigenvalue weighted by atomic mass is 9.98. The molecule has 1 aromatic rings. The van der Waals surface area contributed by atoms with Crippen molar-refractivity contribution in [3.05, 3.63) is 41.5 Å². The van der Waals surface area contributed by atoms with E-state index in [2.05, 4.69) is 18.2 Å². The zero-order chi connectivity index (χ0) is 12.1. The van der Waals surface area contributed by atoms with Gasteiger partial charge in [-0.1, -0.05) is 35.9 Å². The molecule has 0 spiro atoms. The number of allylic oxidation sites excluding steroid dienone is 3. The van der Waals surface area contributed by atoms with Gasteiger partial charge in [-0.2, -0.15) is 0 Å². The minimum absolute atomic E-state index is 0.711. The monoisotopic (exact) mass is 229 g/mol. The number of hydrogen-bond acceptors (Lipinski definition) is 2. The summed E-state index contributed by atoms with van der Waals surface area (Å²) in [6.45, 7) is 0. The van der Waals surface area contributed by atoms with Crippen molar-refractivity contribution >= 4 is 11.8 Å². The average molecular weight is 229 g/mol. The second-order valence-corrected chi connectivity index (χ2v) is 4.32. The molecule has 0 saturated carbocycles. The number of para-hydroxylation sites is 1. The van der Waals surface area contributed by atoms with Crippen LogP contribution in [0.4, 0.5) is 5.69 Å². The highest BCUT2D eigenvalue weighted by atomic mass is 16.5. The van der Waals surface area contributed by atoms with Gasteiger partial charge >= 0.3 is 0 Å². The van der Waals surface area contributed by atoms with Crippen LogP contribution in [0, 0.1) is 0 Å². The summed E-state index contributed by atoms with van der Waals surface area (Å²) in [5.41, 5.74) is 9.16. The third kappa shape index (κ3) is 2.90. The molecule has 1 aliphatic carbocycles. The van der Waals surface area contributed by atoms with Crippen LogP contribution in [-0.4, -0.2) is 7.11 Å². The second-order valence-electron chi connectivity index (χ2n) is 4.32. The van der Waals surface area contributed by atoms with Crippen LogP contribution in [0.2, 0.25) is 0 Å². The topological polar surface area (TPSA) is 35.2 Å². The van der Waals surface area contributed by atoms with E-state index in [-0.39, 0.29) is 0 Å². The maximum absolute atomic E-state index is 6.01. The van der Waals surface area contributed by atoms with Crippen LogP contribution in [0.15, 0.2) is 35.9 Å². The number of methoxy groups -OCH3 is 1. The molecule has 0 amide bonds. The molecule has 0 radical (unpaired) electrons. The lowest BCUT2D eigenvalue weighted by Crippen LogP contribution is -1.94. The lowest BCUT2D eigenvalue weighted by Gasteiger charge is -2.09. The molecule has 1 aliphatic rings. The van der Waals surface area contributed by atoms with E-state index in [0.717, 1.165) is 11.3 Å². The molecule has 1 aromatic carbocycles. The SMILES string of the molecule is COc1cccc(/C=C/C2=CCCCC2)c1N. The molecular formula is C15H19NO. The Hall–Kier alpha value is -1.70. The highest BCUT2D eigenvalue weighted by Crippen LogP contribution is 2.27. The van der Waals surface area contributed by atoms with E-state index in [4.69, 9.17) is 10.5 Å². The molecule has 2 heteroatoms. The van der Waals surface area contributed by atoms with Gasteiger partial charge in [0.1, 0.15) is 5.75 Å². The van der Waals surface area contributed by atoms with E-state index in [1.165, 1.54) is 31.3 Å². The minimum atomic E-state index is 0.711. The number of anilines is 1. The van der Waals surface area contributed by atoms with Crippen molar-refractivity contribution in [2.45, 2.75) is 25.7 Å². The smallest absolute Gasteiger partial charge is 0.142 e.